The molecule has 0 aliphatic carbocycles. The zero-order chi connectivity index (χ0) is 24.6. The molecule has 8 aromatic rings. The number of hydrogen-bond donors (Lipinski definition) is 0. The van der Waals surface area contributed by atoms with Crippen LogP contribution in [0.25, 0.3) is 60.6 Å². The smallest absolute Gasteiger partial charge is 0.0516 e. The Morgan fingerprint density at radius 3 is 1.89 bits per heavy atom. The van der Waals surface area contributed by atoms with E-state index in [9.17, 15) is 0 Å². The maximum absolute atomic E-state index is 4.47. The first-order valence-corrected chi connectivity index (χ1v) is 12.3. The first-order valence-electron chi connectivity index (χ1n) is 12.3. The maximum Gasteiger partial charge on any atom is 0.0516 e. The van der Waals surface area contributed by atoms with Crippen molar-refractivity contribution in [3.05, 3.63) is 140 Å². The molecule has 0 atom stereocenters. The molecule has 4 heteroatoms. The second-order valence-corrected chi connectivity index (χ2v) is 8.91. The fourth-order valence-electron chi connectivity index (χ4n) is 5.12. The van der Waals surface area contributed by atoms with Crippen molar-refractivity contribution in [2.75, 3.05) is 0 Å². The molecule has 0 unspecified atom stereocenters. The Labute approximate surface area is 234 Å². The van der Waals surface area contributed by atoms with Gasteiger partial charge in [-0.15, -0.1) is 59.7 Å². The fourth-order valence-corrected chi connectivity index (χ4v) is 5.12. The van der Waals surface area contributed by atoms with Gasteiger partial charge in [0.25, 0.3) is 0 Å². The summed E-state index contributed by atoms with van der Waals surface area (Å²) < 4.78 is 2.37. The number of nitrogens with zero attached hydrogens (tertiary/aromatic N) is 3. The Hall–Kier alpha value is -4.37. The van der Waals surface area contributed by atoms with Crippen LogP contribution >= 0.6 is 0 Å². The molecule has 0 bridgehead atoms. The predicted octanol–water partition coefficient (Wildman–Crippen LogP) is 8.25. The summed E-state index contributed by atoms with van der Waals surface area (Å²) in [7, 11) is 0. The van der Waals surface area contributed by atoms with Crippen molar-refractivity contribution < 1.29 is 20.1 Å². The molecule has 38 heavy (non-hydrogen) atoms. The summed E-state index contributed by atoms with van der Waals surface area (Å²) in [5.74, 6) is 0. The average molecular weight is 664 g/mol. The minimum Gasteiger partial charge on any atom is -0.350 e. The van der Waals surface area contributed by atoms with Gasteiger partial charge in [0.1, 0.15) is 0 Å². The molecule has 0 N–H and O–H groups in total. The second-order valence-electron chi connectivity index (χ2n) is 8.91. The molecule has 0 spiro atoms. The SMILES string of the molecule is [Ir].[c-]1cc2c(cc1-c1ccccn1)c1cccc3c4ccccc4n2c13.[c-]1ccccc1-c1ccccn1. The van der Waals surface area contributed by atoms with Gasteiger partial charge in [0.05, 0.1) is 5.52 Å². The molecular weight excluding hydrogens is 643 g/mol. The Kier molecular flexibility index (Phi) is 6.43. The van der Waals surface area contributed by atoms with E-state index in [1.165, 1.54) is 38.1 Å². The molecule has 1 radical (unpaired) electrons. The summed E-state index contributed by atoms with van der Waals surface area (Å²) in [5, 5.41) is 5.16. The van der Waals surface area contributed by atoms with Crippen molar-refractivity contribution >= 4 is 38.1 Å². The molecule has 0 amide bonds. The van der Waals surface area contributed by atoms with Gasteiger partial charge in [0.15, 0.2) is 0 Å². The topological polar surface area (TPSA) is 30.2 Å². The van der Waals surface area contributed by atoms with Crippen LogP contribution in [0.15, 0.2) is 128 Å². The molecule has 0 saturated carbocycles. The molecule has 8 rings (SSSR count). The Balaban J connectivity index is 0.000000172. The van der Waals surface area contributed by atoms with Crippen molar-refractivity contribution in [3.63, 3.8) is 0 Å². The van der Waals surface area contributed by atoms with Crippen molar-refractivity contribution in [3.8, 4) is 22.5 Å². The molecule has 4 aromatic carbocycles. The summed E-state index contributed by atoms with van der Waals surface area (Å²) in [4.78, 5) is 8.69. The van der Waals surface area contributed by atoms with E-state index >= 15 is 0 Å². The molecule has 0 aliphatic rings. The Bertz CT molecular complexity index is 1930. The average Bonchev–Trinajstić information content (AvgIpc) is 3.51. The fraction of sp³-hybridized carbons (Fsp3) is 0. The zero-order valence-corrected chi connectivity index (χ0v) is 22.7. The molecule has 0 fully saturated rings. The van der Waals surface area contributed by atoms with Gasteiger partial charge >= 0.3 is 0 Å². The van der Waals surface area contributed by atoms with E-state index in [0.29, 0.717) is 0 Å². The number of fused-ring (bicyclic) bond motifs is 6. The van der Waals surface area contributed by atoms with E-state index < -0.39 is 0 Å². The number of aromatic nitrogens is 3. The molecule has 0 aliphatic heterocycles. The van der Waals surface area contributed by atoms with Gasteiger partial charge in [0, 0.05) is 48.8 Å². The van der Waals surface area contributed by atoms with Crippen molar-refractivity contribution in [2.45, 2.75) is 0 Å². The third kappa shape index (κ3) is 4.05. The third-order valence-corrected chi connectivity index (χ3v) is 6.75. The van der Waals surface area contributed by atoms with Gasteiger partial charge in [-0.3, -0.25) is 0 Å². The normalized spacial score (nSPS) is 10.9. The van der Waals surface area contributed by atoms with E-state index in [0.717, 1.165) is 22.5 Å². The minimum atomic E-state index is 0. The van der Waals surface area contributed by atoms with Crippen molar-refractivity contribution in [2.24, 2.45) is 0 Å². The number of pyridine rings is 2. The summed E-state index contributed by atoms with van der Waals surface area (Å²) in [6, 6.07) is 45.8. The molecule has 3 nitrogen and oxygen atoms in total. The number of rotatable bonds is 2. The maximum atomic E-state index is 4.47. The van der Waals surface area contributed by atoms with Gasteiger partial charge < -0.3 is 14.4 Å². The second kappa shape index (κ2) is 10.2. The largest absolute Gasteiger partial charge is 0.350 e. The molecule has 0 saturated heterocycles. The van der Waals surface area contributed by atoms with E-state index in [-0.39, 0.29) is 20.1 Å². The van der Waals surface area contributed by atoms with Crippen LogP contribution in [0.2, 0.25) is 0 Å². The first-order chi connectivity index (χ1) is 18.4. The Morgan fingerprint density at radius 2 is 1.18 bits per heavy atom. The van der Waals surface area contributed by atoms with Crippen molar-refractivity contribution in [1.82, 2.24) is 14.4 Å². The Morgan fingerprint density at radius 1 is 0.526 bits per heavy atom. The summed E-state index contributed by atoms with van der Waals surface area (Å²) >= 11 is 0. The number of para-hydroxylation sites is 2. The summed E-state index contributed by atoms with van der Waals surface area (Å²) in [6.07, 6.45) is 3.62. The molecular formula is C34H21IrN3-2. The summed E-state index contributed by atoms with van der Waals surface area (Å²) in [6.45, 7) is 0. The van der Waals surface area contributed by atoms with Crippen molar-refractivity contribution in [1.29, 1.82) is 0 Å². The van der Waals surface area contributed by atoms with Crippen LogP contribution in [0.5, 0.6) is 0 Å². The van der Waals surface area contributed by atoms with E-state index in [2.05, 4.69) is 81.1 Å². The standard InChI is InChI=1S/C23H13N2.C11H8N.Ir/c1-2-10-21-16(6-1)17-7-5-8-18-19-14-15(20-9-3-4-13-24-20)11-12-22(19)25(21)23(17)18;1-2-6-10(7-3-1)11-8-4-5-9-12-11;/h1-10,12-14H;1-6,8-9H;/q2*-1;. The van der Waals surface area contributed by atoms with Crippen LogP contribution in [-0.4, -0.2) is 14.4 Å². The van der Waals surface area contributed by atoms with E-state index in [1.807, 2.05) is 66.9 Å². The van der Waals surface area contributed by atoms with E-state index in [1.54, 1.807) is 6.20 Å². The third-order valence-electron chi connectivity index (χ3n) is 6.75. The van der Waals surface area contributed by atoms with Crippen LogP contribution in [0.1, 0.15) is 0 Å². The quantitative estimate of drug-likeness (QED) is 0.175. The van der Waals surface area contributed by atoms with Gasteiger partial charge in [-0.25, -0.2) is 0 Å². The monoisotopic (exact) mass is 664 g/mol. The molecule has 4 aromatic heterocycles. The van der Waals surface area contributed by atoms with Crippen LogP contribution in [-0.2, 0) is 20.1 Å². The van der Waals surface area contributed by atoms with Crippen LogP contribution in [0.4, 0.5) is 0 Å². The van der Waals surface area contributed by atoms with Crippen LogP contribution in [0.3, 0.4) is 0 Å². The molecule has 4 heterocycles. The predicted molar refractivity (Wildman–Crippen MR) is 152 cm³/mol. The van der Waals surface area contributed by atoms with Crippen LogP contribution in [0, 0.1) is 12.1 Å². The number of hydrogen-bond acceptors (Lipinski definition) is 2. The zero-order valence-electron chi connectivity index (χ0n) is 20.3. The van der Waals surface area contributed by atoms with Gasteiger partial charge in [-0.2, -0.15) is 0 Å². The minimum absolute atomic E-state index is 0. The summed E-state index contributed by atoms with van der Waals surface area (Å²) in [5.41, 5.74) is 7.75. The first kappa shape index (κ1) is 24.0. The van der Waals surface area contributed by atoms with Gasteiger partial charge in [-0.1, -0.05) is 66.0 Å². The van der Waals surface area contributed by atoms with E-state index in [4.69, 9.17) is 0 Å². The van der Waals surface area contributed by atoms with Crippen LogP contribution < -0.4 is 0 Å². The van der Waals surface area contributed by atoms with Gasteiger partial charge in [0.2, 0.25) is 0 Å². The molecule has 183 valence electrons. The van der Waals surface area contributed by atoms with Gasteiger partial charge in [-0.05, 0) is 40.5 Å². The number of benzene rings is 4.